The molecule has 0 saturated carbocycles. The molecule has 19 heavy (non-hydrogen) atoms. The monoisotopic (exact) mass is 320 g/mol. The zero-order valence-corrected chi connectivity index (χ0v) is 12.0. The molecule has 98 valence electrons. The highest BCUT2D eigenvalue weighted by molar-refractivity contribution is 9.10. The molecule has 2 aromatic rings. The van der Waals surface area contributed by atoms with Gasteiger partial charge in [-0.15, -0.1) is 0 Å². The van der Waals surface area contributed by atoms with Gasteiger partial charge in [0.25, 0.3) is 0 Å². The van der Waals surface area contributed by atoms with Crippen LogP contribution in [0.3, 0.4) is 0 Å². The first kappa shape index (κ1) is 12.5. The van der Waals surface area contributed by atoms with E-state index in [0.717, 1.165) is 30.8 Å². The van der Waals surface area contributed by atoms with E-state index in [4.69, 9.17) is 5.73 Å². The van der Waals surface area contributed by atoms with E-state index in [1.54, 1.807) is 0 Å². The second-order valence-corrected chi connectivity index (χ2v) is 5.62. The minimum absolute atomic E-state index is 0.227. The summed E-state index contributed by atoms with van der Waals surface area (Å²) in [5.41, 5.74) is 10.4. The number of benzene rings is 2. The Balaban J connectivity index is 1.86. The quantitative estimate of drug-likeness (QED) is 0.854. The highest BCUT2D eigenvalue weighted by Crippen LogP contribution is 2.33. The third kappa shape index (κ3) is 2.32. The Labute approximate surface area is 120 Å². The van der Waals surface area contributed by atoms with Crippen LogP contribution in [0.4, 0.5) is 15.8 Å². The van der Waals surface area contributed by atoms with Crippen LogP contribution in [0.5, 0.6) is 0 Å². The molecule has 0 aliphatic carbocycles. The molecule has 0 amide bonds. The maximum atomic E-state index is 13.2. The van der Waals surface area contributed by atoms with Crippen molar-refractivity contribution in [2.45, 2.75) is 13.0 Å². The SMILES string of the molecule is Nc1cccc2c1CCN2Cc1ccc(F)c(Br)c1. The van der Waals surface area contributed by atoms with Crippen molar-refractivity contribution in [3.8, 4) is 0 Å². The Kier molecular flexibility index (Phi) is 3.19. The van der Waals surface area contributed by atoms with E-state index in [0.29, 0.717) is 4.47 Å². The summed E-state index contributed by atoms with van der Waals surface area (Å²) < 4.78 is 13.7. The van der Waals surface area contributed by atoms with E-state index in [1.807, 2.05) is 24.3 Å². The van der Waals surface area contributed by atoms with Gasteiger partial charge in [-0.05, 0) is 52.2 Å². The van der Waals surface area contributed by atoms with Gasteiger partial charge >= 0.3 is 0 Å². The minimum Gasteiger partial charge on any atom is -0.398 e. The predicted molar refractivity (Wildman–Crippen MR) is 79.7 cm³/mol. The van der Waals surface area contributed by atoms with Crippen molar-refractivity contribution in [2.75, 3.05) is 17.2 Å². The molecule has 2 nitrogen and oxygen atoms in total. The first-order valence-electron chi connectivity index (χ1n) is 6.21. The minimum atomic E-state index is -0.227. The van der Waals surface area contributed by atoms with E-state index < -0.39 is 0 Å². The summed E-state index contributed by atoms with van der Waals surface area (Å²) in [5, 5.41) is 0. The lowest BCUT2D eigenvalue weighted by molar-refractivity contribution is 0.620. The van der Waals surface area contributed by atoms with E-state index in [-0.39, 0.29) is 5.82 Å². The second kappa shape index (κ2) is 4.85. The van der Waals surface area contributed by atoms with Gasteiger partial charge in [0.05, 0.1) is 4.47 Å². The molecule has 0 bridgehead atoms. The highest BCUT2D eigenvalue weighted by Gasteiger charge is 2.20. The fraction of sp³-hybridized carbons (Fsp3) is 0.200. The smallest absolute Gasteiger partial charge is 0.137 e. The number of nitrogen functional groups attached to an aromatic ring is 1. The molecular formula is C15H14BrFN2. The number of halogens is 2. The summed E-state index contributed by atoms with van der Waals surface area (Å²) in [6, 6.07) is 11.2. The Morgan fingerprint density at radius 2 is 2.11 bits per heavy atom. The van der Waals surface area contributed by atoms with Gasteiger partial charge in [0.1, 0.15) is 5.82 Å². The first-order chi connectivity index (χ1) is 9.15. The van der Waals surface area contributed by atoms with Gasteiger partial charge in [-0.2, -0.15) is 0 Å². The van der Waals surface area contributed by atoms with Crippen molar-refractivity contribution < 1.29 is 4.39 Å². The van der Waals surface area contributed by atoms with Crippen molar-refractivity contribution >= 4 is 27.3 Å². The van der Waals surface area contributed by atoms with Gasteiger partial charge in [-0.3, -0.25) is 0 Å². The van der Waals surface area contributed by atoms with Gasteiger partial charge in [0, 0.05) is 30.0 Å². The fourth-order valence-electron chi connectivity index (χ4n) is 2.55. The number of hydrogen-bond acceptors (Lipinski definition) is 2. The third-order valence-corrected chi connectivity index (χ3v) is 4.13. The van der Waals surface area contributed by atoms with Crippen molar-refractivity contribution in [1.29, 1.82) is 0 Å². The molecule has 0 spiro atoms. The van der Waals surface area contributed by atoms with Crippen LogP contribution >= 0.6 is 15.9 Å². The number of nitrogens with zero attached hydrogens (tertiary/aromatic N) is 1. The third-order valence-electron chi connectivity index (χ3n) is 3.52. The number of nitrogens with two attached hydrogens (primary N) is 1. The molecule has 2 aromatic carbocycles. The van der Waals surface area contributed by atoms with Crippen LogP contribution in [-0.2, 0) is 13.0 Å². The van der Waals surface area contributed by atoms with Crippen LogP contribution in [0.25, 0.3) is 0 Å². The number of rotatable bonds is 2. The summed E-state index contributed by atoms with van der Waals surface area (Å²) >= 11 is 3.23. The molecule has 3 rings (SSSR count). The summed E-state index contributed by atoms with van der Waals surface area (Å²) in [4.78, 5) is 2.28. The zero-order chi connectivity index (χ0) is 13.4. The number of hydrogen-bond donors (Lipinski definition) is 1. The molecule has 2 N–H and O–H groups in total. The number of anilines is 2. The lowest BCUT2D eigenvalue weighted by Gasteiger charge is -2.20. The average Bonchev–Trinajstić information content (AvgIpc) is 2.79. The molecule has 0 atom stereocenters. The summed E-state index contributed by atoms with van der Waals surface area (Å²) in [7, 11) is 0. The van der Waals surface area contributed by atoms with E-state index in [2.05, 4.69) is 26.9 Å². The lowest BCUT2D eigenvalue weighted by Crippen LogP contribution is -2.19. The van der Waals surface area contributed by atoms with Crippen LogP contribution in [0.1, 0.15) is 11.1 Å². The molecule has 4 heteroatoms. The van der Waals surface area contributed by atoms with Crippen molar-refractivity contribution in [3.63, 3.8) is 0 Å². The largest absolute Gasteiger partial charge is 0.398 e. The van der Waals surface area contributed by atoms with Gasteiger partial charge in [0.15, 0.2) is 0 Å². The van der Waals surface area contributed by atoms with E-state index in [9.17, 15) is 4.39 Å². The van der Waals surface area contributed by atoms with E-state index in [1.165, 1.54) is 17.3 Å². The van der Waals surface area contributed by atoms with Crippen molar-refractivity contribution in [2.24, 2.45) is 0 Å². The van der Waals surface area contributed by atoms with Crippen molar-refractivity contribution in [1.82, 2.24) is 0 Å². The summed E-state index contributed by atoms with van der Waals surface area (Å²) in [6.07, 6.45) is 0.977. The molecule has 1 heterocycles. The highest BCUT2D eigenvalue weighted by atomic mass is 79.9. The maximum absolute atomic E-state index is 13.2. The fourth-order valence-corrected chi connectivity index (χ4v) is 2.98. The Morgan fingerprint density at radius 1 is 1.26 bits per heavy atom. The van der Waals surface area contributed by atoms with Crippen LogP contribution < -0.4 is 10.6 Å². The Morgan fingerprint density at radius 3 is 2.89 bits per heavy atom. The lowest BCUT2D eigenvalue weighted by atomic mass is 10.1. The predicted octanol–water partition coefficient (Wildman–Crippen LogP) is 3.73. The molecule has 1 aliphatic heterocycles. The standard InChI is InChI=1S/C15H14BrFN2/c16-12-8-10(4-5-13(12)17)9-19-7-6-11-14(18)2-1-3-15(11)19/h1-5,8H,6-7,9,18H2. The number of fused-ring (bicyclic) bond motifs is 1. The zero-order valence-electron chi connectivity index (χ0n) is 10.4. The summed E-state index contributed by atoms with van der Waals surface area (Å²) in [5.74, 6) is -0.227. The second-order valence-electron chi connectivity index (χ2n) is 4.76. The maximum Gasteiger partial charge on any atom is 0.137 e. The molecule has 0 fully saturated rings. The van der Waals surface area contributed by atoms with Gasteiger partial charge in [-0.25, -0.2) is 4.39 Å². The van der Waals surface area contributed by atoms with Crippen molar-refractivity contribution in [3.05, 3.63) is 57.8 Å². The van der Waals surface area contributed by atoms with Crippen LogP contribution in [0.2, 0.25) is 0 Å². The average molecular weight is 321 g/mol. The van der Waals surface area contributed by atoms with Crippen LogP contribution in [0, 0.1) is 5.82 Å². The van der Waals surface area contributed by atoms with Gasteiger partial charge in [-0.1, -0.05) is 12.1 Å². The molecule has 1 aliphatic rings. The molecule has 0 radical (unpaired) electrons. The summed E-state index contributed by atoms with van der Waals surface area (Å²) in [6.45, 7) is 1.73. The molecule has 0 aromatic heterocycles. The molecule has 0 unspecified atom stereocenters. The van der Waals surface area contributed by atoms with Crippen LogP contribution in [0.15, 0.2) is 40.9 Å². The molecule has 0 saturated heterocycles. The van der Waals surface area contributed by atoms with Crippen LogP contribution in [-0.4, -0.2) is 6.54 Å². The Bertz CT molecular complexity index is 628. The topological polar surface area (TPSA) is 29.3 Å². The first-order valence-corrected chi connectivity index (χ1v) is 7.00. The Hall–Kier alpha value is -1.55. The van der Waals surface area contributed by atoms with Gasteiger partial charge < -0.3 is 10.6 Å². The van der Waals surface area contributed by atoms with Gasteiger partial charge in [0.2, 0.25) is 0 Å². The van der Waals surface area contributed by atoms with E-state index >= 15 is 0 Å². The normalized spacial score (nSPS) is 13.7. The molecular weight excluding hydrogens is 307 g/mol.